The third kappa shape index (κ3) is 3.35. The summed E-state index contributed by atoms with van der Waals surface area (Å²) in [5, 5.41) is 3.44. The van der Waals surface area contributed by atoms with Gasteiger partial charge < -0.3 is 10.2 Å². The van der Waals surface area contributed by atoms with Gasteiger partial charge in [0, 0.05) is 25.2 Å². The molecule has 1 unspecified atom stereocenters. The zero-order valence-electron chi connectivity index (χ0n) is 12.2. The van der Waals surface area contributed by atoms with E-state index in [-0.39, 0.29) is 5.91 Å². The number of aryl methyl sites for hydroxylation is 1. The number of rotatable bonds is 4. The average molecular weight is 260 g/mol. The van der Waals surface area contributed by atoms with E-state index in [1.807, 2.05) is 4.90 Å². The lowest BCUT2D eigenvalue weighted by Crippen LogP contribution is -2.33. The Labute approximate surface area is 116 Å². The zero-order chi connectivity index (χ0) is 13.8. The molecule has 19 heavy (non-hydrogen) atoms. The highest BCUT2D eigenvalue weighted by atomic mass is 16.2. The van der Waals surface area contributed by atoms with Gasteiger partial charge >= 0.3 is 0 Å². The summed E-state index contributed by atoms with van der Waals surface area (Å²) < 4.78 is 0. The van der Waals surface area contributed by atoms with Gasteiger partial charge in [-0.15, -0.1) is 0 Å². The van der Waals surface area contributed by atoms with Gasteiger partial charge in [0.2, 0.25) is 5.91 Å². The van der Waals surface area contributed by atoms with Gasteiger partial charge in [0.25, 0.3) is 0 Å². The fourth-order valence-corrected chi connectivity index (χ4v) is 2.88. The van der Waals surface area contributed by atoms with E-state index in [2.05, 4.69) is 37.4 Å². The highest BCUT2D eigenvalue weighted by Gasteiger charge is 2.20. The molecule has 1 heterocycles. The molecule has 1 aromatic rings. The number of likely N-dealkylation sites (N-methyl/N-ethyl adjacent to an activating group) is 1. The van der Waals surface area contributed by atoms with Crippen molar-refractivity contribution in [1.82, 2.24) is 5.32 Å². The third-order valence-electron chi connectivity index (χ3n) is 3.74. The van der Waals surface area contributed by atoms with Gasteiger partial charge in [-0.25, -0.2) is 0 Å². The predicted molar refractivity (Wildman–Crippen MR) is 79.6 cm³/mol. The zero-order valence-corrected chi connectivity index (χ0v) is 12.2. The minimum absolute atomic E-state index is 0.148. The van der Waals surface area contributed by atoms with Gasteiger partial charge in [-0.1, -0.05) is 19.1 Å². The maximum absolute atomic E-state index is 11.6. The summed E-state index contributed by atoms with van der Waals surface area (Å²) in [5.74, 6) is 0.148. The van der Waals surface area contributed by atoms with E-state index in [0.717, 1.165) is 38.0 Å². The molecule has 0 bridgehead atoms. The number of carbonyl (C=O) groups excluding carboxylic acids is 1. The molecule has 2 rings (SSSR count). The van der Waals surface area contributed by atoms with Crippen LogP contribution < -0.4 is 10.2 Å². The van der Waals surface area contributed by atoms with Crippen molar-refractivity contribution in [2.45, 2.75) is 46.1 Å². The number of anilines is 1. The molecule has 0 aromatic heterocycles. The molecule has 1 amide bonds. The Bertz CT molecular complexity index is 456. The summed E-state index contributed by atoms with van der Waals surface area (Å²) in [6.07, 6.45) is 3.20. The molecule has 1 atom stereocenters. The standard InChI is InChI=1S/C16H24N2O/c1-4-17-12(2)10-14-7-8-16-15(11-14)6-5-9-18(16)13(3)19/h7-8,11-12,17H,4-6,9-10H2,1-3H3. The Morgan fingerprint density at radius 2 is 2.26 bits per heavy atom. The molecule has 0 saturated carbocycles. The lowest BCUT2D eigenvalue weighted by Gasteiger charge is -2.29. The van der Waals surface area contributed by atoms with Crippen LogP contribution in [0.5, 0.6) is 0 Å². The van der Waals surface area contributed by atoms with Gasteiger partial charge in [-0.3, -0.25) is 4.79 Å². The van der Waals surface area contributed by atoms with Crippen LogP contribution in [0.1, 0.15) is 38.3 Å². The van der Waals surface area contributed by atoms with Crippen LogP contribution in [0.2, 0.25) is 0 Å². The van der Waals surface area contributed by atoms with Crippen LogP contribution in [0.25, 0.3) is 0 Å². The summed E-state index contributed by atoms with van der Waals surface area (Å²) in [6, 6.07) is 7.05. The highest BCUT2D eigenvalue weighted by molar-refractivity contribution is 5.92. The number of nitrogens with one attached hydrogen (secondary N) is 1. The van der Waals surface area contributed by atoms with Crippen LogP contribution in [0, 0.1) is 0 Å². The Hall–Kier alpha value is -1.35. The predicted octanol–water partition coefficient (Wildman–Crippen LogP) is 2.53. The van der Waals surface area contributed by atoms with Crippen LogP contribution in [-0.2, 0) is 17.6 Å². The van der Waals surface area contributed by atoms with E-state index < -0.39 is 0 Å². The summed E-state index contributed by atoms with van der Waals surface area (Å²) in [4.78, 5) is 13.5. The molecule has 0 aliphatic carbocycles. The molecular formula is C16H24N2O. The van der Waals surface area contributed by atoms with Crippen molar-refractivity contribution in [1.29, 1.82) is 0 Å². The molecular weight excluding hydrogens is 236 g/mol. The maximum Gasteiger partial charge on any atom is 0.223 e. The molecule has 1 N–H and O–H groups in total. The van der Waals surface area contributed by atoms with Gasteiger partial charge in [0.1, 0.15) is 0 Å². The second-order valence-corrected chi connectivity index (χ2v) is 5.40. The number of nitrogens with zero attached hydrogens (tertiary/aromatic N) is 1. The topological polar surface area (TPSA) is 32.3 Å². The van der Waals surface area contributed by atoms with Crippen molar-refractivity contribution in [3.8, 4) is 0 Å². The summed E-state index contributed by atoms with van der Waals surface area (Å²) >= 11 is 0. The minimum atomic E-state index is 0.148. The number of fused-ring (bicyclic) bond motifs is 1. The van der Waals surface area contributed by atoms with Crippen molar-refractivity contribution in [2.24, 2.45) is 0 Å². The van der Waals surface area contributed by atoms with Gasteiger partial charge in [-0.05, 0) is 49.9 Å². The molecule has 0 saturated heterocycles. The van der Waals surface area contributed by atoms with E-state index in [1.54, 1.807) is 6.92 Å². The number of hydrogen-bond acceptors (Lipinski definition) is 2. The fraction of sp³-hybridized carbons (Fsp3) is 0.562. The number of carbonyl (C=O) groups is 1. The van der Waals surface area contributed by atoms with E-state index in [0.29, 0.717) is 6.04 Å². The van der Waals surface area contributed by atoms with E-state index >= 15 is 0 Å². The molecule has 0 spiro atoms. The van der Waals surface area contributed by atoms with Crippen LogP contribution >= 0.6 is 0 Å². The summed E-state index contributed by atoms with van der Waals surface area (Å²) in [7, 11) is 0. The maximum atomic E-state index is 11.6. The molecule has 104 valence electrons. The Balaban J connectivity index is 2.17. The van der Waals surface area contributed by atoms with Crippen molar-refractivity contribution in [3.63, 3.8) is 0 Å². The lowest BCUT2D eigenvalue weighted by atomic mass is 9.96. The molecule has 1 aliphatic heterocycles. The van der Waals surface area contributed by atoms with E-state index in [4.69, 9.17) is 0 Å². The molecule has 3 heteroatoms. The second kappa shape index (κ2) is 6.20. The lowest BCUT2D eigenvalue weighted by molar-refractivity contribution is -0.116. The smallest absolute Gasteiger partial charge is 0.223 e. The normalized spacial score (nSPS) is 16.1. The quantitative estimate of drug-likeness (QED) is 0.902. The SMILES string of the molecule is CCNC(C)Cc1ccc2c(c1)CCCN2C(C)=O. The number of amides is 1. The first-order valence-electron chi connectivity index (χ1n) is 7.25. The highest BCUT2D eigenvalue weighted by Crippen LogP contribution is 2.28. The van der Waals surface area contributed by atoms with Crippen molar-refractivity contribution in [3.05, 3.63) is 29.3 Å². The van der Waals surface area contributed by atoms with Crippen LogP contribution in [-0.4, -0.2) is 25.0 Å². The summed E-state index contributed by atoms with van der Waals surface area (Å²) in [6.45, 7) is 7.86. The summed E-state index contributed by atoms with van der Waals surface area (Å²) in [5.41, 5.74) is 3.79. The van der Waals surface area contributed by atoms with E-state index in [1.165, 1.54) is 11.1 Å². The molecule has 0 radical (unpaired) electrons. The Kier molecular flexibility index (Phi) is 4.59. The first-order valence-corrected chi connectivity index (χ1v) is 7.25. The monoisotopic (exact) mass is 260 g/mol. The van der Waals surface area contributed by atoms with Crippen LogP contribution in [0.15, 0.2) is 18.2 Å². The average Bonchev–Trinajstić information content (AvgIpc) is 2.37. The molecule has 1 aliphatic rings. The van der Waals surface area contributed by atoms with Crippen LogP contribution in [0.4, 0.5) is 5.69 Å². The van der Waals surface area contributed by atoms with Crippen LogP contribution in [0.3, 0.4) is 0 Å². The minimum Gasteiger partial charge on any atom is -0.314 e. The van der Waals surface area contributed by atoms with Gasteiger partial charge in [0.05, 0.1) is 0 Å². The first-order chi connectivity index (χ1) is 9.11. The molecule has 0 fully saturated rings. The fourth-order valence-electron chi connectivity index (χ4n) is 2.88. The van der Waals surface area contributed by atoms with Gasteiger partial charge in [0.15, 0.2) is 0 Å². The van der Waals surface area contributed by atoms with Crippen molar-refractivity contribution in [2.75, 3.05) is 18.0 Å². The molecule has 1 aromatic carbocycles. The number of benzene rings is 1. The molecule has 3 nitrogen and oxygen atoms in total. The first kappa shape index (κ1) is 14.1. The number of hydrogen-bond donors (Lipinski definition) is 1. The third-order valence-corrected chi connectivity index (χ3v) is 3.74. The van der Waals surface area contributed by atoms with Gasteiger partial charge in [-0.2, -0.15) is 0 Å². The Morgan fingerprint density at radius 3 is 2.95 bits per heavy atom. The Morgan fingerprint density at radius 1 is 1.47 bits per heavy atom. The van der Waals surface area contributed by atoms with Crippen molar-refractivity contribution < 1.29 is 4.79 Å². The van der Waals surface area contributed by atoms with Crippen molar-refractivity contribution >= 4 is 11.6 Å². The van der Waals surface area contributed by atoms with E-state index in [9.17, 15) is 4.79 Å². The largest absolute Gasteiger partial charge is 0.314 e. The second-order valence-electron chi connectivity index (χ2n) is 5.40.